The fourth-order valence-corrected chi connectivity index (χ4v) is 1.79. The molecule has 1 heterocycles. The van der Waals surface area contributed by atoms with Crippen LogP contribution in [-0.2, 0) is 4.79 Å². The van der Waals surface area contributed by atoms with Crippen LogP contribution in [0.4, 0.5) is 5.13 Å². The Kier molecular flexibility index (Phi) is 3.71. The summed E-state index contributed by atoms with van der Waals surface area (Å²) in [6, 6.07) is -0.172. The number of nitrogens with one attached hydrogen (secondary N) is 1. The molecule has 0 aromatic carbocycles. The van der Waals surface area contributed by atoms with E-state index in [1.807, 2.05) is 0 Å². The van der Waals surface area contributed by atoms with E-state index in [1.54, 1.807) is 19.2 Å². The first-order valence-electron chi connectivity index (χ1n) is 4.11. The summed E-state index contributed by atoms with van der Waals surface area (Å²) in [6.45, 7) is 3.45. The van der Waals surface area contributed by atoms with Crippen LogP contribution in [-0.4, -0.2) is 22.1 Å². The Morgan fingerprint density at radius 2 is 2.36 bits per heavy atom. The molecule has 2 unspecified atom stereocenters. The van der Waals surface area contributed by atoms with Gasteiger partial charge in [-0.3, -0.25) is 4.79 Å². The maximum atomic E-state index is 10.7. The summed E-state index contributed by atoms with van der Waals surface area (Å²) in [5.41, 5.74) is 0. The molecule has 2 N–H and O–H groups in total. The molecule has 1 rings (SSSR count). The summed E-state index contributed by atoms with van der Waals surface area (Å²) in [5.74, 6) is -1.29. The van der Waals surface area contributed by atoms with Crippen molar-refractivity contribution >= 4 is 34.0 Å². The quantitative estimate of drug-likeness (QED) is 0.839. The second kappa shape index (κ2) is 4.61. The summed E-state index contributed by atoms with van der Waals surface area (Å²) >= 11 is 6.99. The number of hydrogen-bond donors (Lipinski definition) is 2. The molecular formula is C8H11ClN2O2S. The molecule has 0 spiro atoms. The first kappa shape index (κ1) is 11.3. The Labute approximate surface area is 90.9 Å². The molecule has 0 saturated carbocycles. The fraction of sp³-hybridized carbons (Fsp3) is 0.500. The van der Waals surface area contributed by atoms with E-state index in [4.69, 9.17) is 16.7 Å². The lowest BCUT2D eigenvalue weighted by atomic mass is 10.1. The van der Waals surface area contributed by atoms with Crippen LogP contribution >= 0.6 is 22.9 Å². The van der Waals surface area contributed by atoms with Crippen molar-refractivity contribution in [1.29, 1.82) is 0 Å². The third-order valence-electron chi connectivity index (χ3n) is 1.97. The van der Waals surface area contributed by atoms with Gasteiger partial charge in [0.05, 0.1) is 5.92 Å². The highest BCUT2D eigenvalue weighted by Gasteiger charge is 2.19. The summed E-state index contributed by atoms with van der Waals surface area (Å²) in [4.78, 5) is 14.6. The zero-order valence-electron chi connectivity index (χ0n) is 7.82. The summed E-state index contributed by atoms with van der Waals surface area (Å²) in [5, 5.41) is 14.5. The molecule has 14 heavy (non-hydrogen) atoms. The Morgan fingerprint density at radius 1 is 1.71 bits per heavy atom. The van der Waals surface area contributed by atoms with Gasteiger partial charge in [0.15, 0.2) is 5.13 Å². The number of aliphatic carboxylic acids is 1. The summed E-state index contributed by atoms with van der Waals surface area (Å²) < 4.78 is 0. The van der Waals surface area contributed by atoms with E-state index < -0.39 is 11.9 Å². The second-order valence-electron chi connectivity index (χ2n) is 3.04. The first-order chi connectivity index (χ1) is 6.50. The number of nitrogens with zero attached hydrogens (tertiary/aromatic N) is 1. The van der Waals surface area contributed by atoms with Gasteiger partial charge in [0.1, 0.15) is 5.15 Å². The van der Waals surface area contributed by atoms with Crippen LogP contribution in [0.1, 0.15) is 13.8 Å². The zero-order chi connectivity index (χ0) is 10.7. The molecule has 0 radical (unpaired) electrons. The molecule has 0 aliphatic carbocycles. The Bertz CT molecular complexity index is 329. The molecule has 0 aliphatic rings. The van der Waals surface area contributed by atoms with Gasteiger partial charge < -0.3 is 10.4 Å². The van der Waals surface area contributed by atoms with Gasteiger partial charge in [0.2, 0.25) is 0 Å². The van der Waals surface area contributed by atoms with Crippen molar-refractivity contribution in [3.05, 3.63) is 10.5 Å². The number of anilines is 1. The van der Waals surface area contributed by atoms with Gasteiger partial charge in [0.25, 0.3) is 0 Å². The van der Waals surface area contributed by atoms with Crippen molar-refractivity contribution in [1.82, 2.24) is 4.98 Å². The first-order valence-corrected chi connectivity index (χ1v) is 5.37. The number of hydrogen-bond acceptors (Lipinski definition) is 4. The minimum absolute atomic E-state index is 0.172. The molecule has 1 aromatic heterocycles. The number of carboxylic acids is 1. The third-order valence-corrected chi connectivity index (χ3v) is 3.06. The predicted octanol–water partition coefficient (Wildman–Crippen LogP) is 2.32. The number of carboxylic acid groups (broad SMARTS) is 1. The van der Waals surface area contributed by atoms with Crippen LogP contribution in [0.25, 0.3) is 0 Å². The highest BCUT2D eigenvalue weighted by molar-refractivity contribution is 7.14. The lowest BCUT2D eigenvalue weighted by Gasteiger charge is -2.16. The number of carbonyl (C=O) groups is 1. The highest BCUT2D eigenvalue weighted by Crippen LogP contribution is 2.21. The number of thiazole rings is 1. The van der Waals surface area contributed by atoms with Gasteiger partial charge in [-0.1, -0.05) is 11.6 Å². The maximum Gasteiger partial charge on any atom is 0.308 e. The molecule has 0 saturated heterocycles. The summed E-state index contributed by atoms with van der Waals surface area (Å²) in [7, 11) is 0. The molecule has 4 nitrogen and oxygen atoms in total. The van der Waals surface area contributed by atoms with Gasteiger partial charge in [0, 0.05) is 11.4 Å². The van der Waals surface area contributed by atoms with Crippen molar-refractivity contribution in [3.63, 3.8) is 0 Å². The van der Waals surface area contributed by atoms with E-state index in [0.29, 0.717) is 10.3 Å². The molecule has 0 fully saturated rings. The molecule has 2 atom stereocenters. The average molecular weight is 235 g/mol. The molecular weight excluding hydrogens is 224 g/mol. The highest BCUT2D eigenvalue weighted by atomic mass is 35.5. The molecule has 78 valence electrons. The molecule has 0 aliphatic heterocycles. The number of aromatic nitrogens is 1. The number of rotatable bonds is 4. The Hall–Kier alpha value is -0.810. The Balaban J connectivity index is 2.56. The van der Waals surface area contributed by atoms with E-state index in [-0.39, 0.29) is 6.04 Å². The van der Waals surface area contributed by atoms with E-state index in [1.165, 1.54) is 11.3 Å². The lowest BCUT2D eigenvalue weighted by Crippen LogP contribution is -2.29. The molecule has 1 aromatic rings. The van der Waals surface area contributed by atoms with Crippen molar-refractivity contribution in [2.45, 2.75) is 19.9 Å². The van der Waals surface area contributed by atoms with Crippen LogP contribution in [0.15, 0.2) is 5.38 Å². The van der Waals surface area contributed by atoms with Gasteiger partial charge in [-0.25, -0.2) is 4.98 Å². The normalized spacial score (nSPS) is 14.8. The fourth-order valence-electron chi connectivity index (χ4n) is 0.854. The minimum atomic E-state index is -0.826. The monoisotopic (exact) mass is 234 g/mol. The maximum absolute atomic E-state index is 10.7. The second-order valence-corrected chi connectivity index (χ2v) is 4.28. The standard InChI is InChI=1S/C8H11ClN2O2S/c1-4(7(12)13)5(2)10-8-11-6(9)3-14-8/h3-5H,1-2H3,(H,10,11)(H,12,13). The lowest BCUT2D eigenvalue weighted by molar-refractivity contribution is -0.141. The predicted molar refractivity (Wildman–Crippen MR) is 57.0 cm³/mol. The average Bonchev–Trinajstić information content (AvgIpc) is 2.49. The summed E-state index contributed by atoms with van der Waals surface area (Å²) in [6.07, 6.45) is 0. The van der Waals surface area contributed by atoms with Crippen LogP contribution < -0.4 is 5.32 Å². The van der Waals surface area contributed by atoms with Gasteiger partial charge in [-0.2, -0.15) is 0 Å². The van der Waals surface area contributed by atoms with Crippen LogP contribution in [0.3, 0.4) is 0 Å². The van der Waals surface area contributed by atoms with E-state index >= 15 is 0 Å². The van der Waals surface area contributed by atoms with Crippen molar-refractivity contribution < 1.29 is 9.90 Å². The van der Waals surface area contributed by atoms with E-state index in [9.17, 15) is 4.79 Å². The van der Waals surface area contributed by atoms with E-state index in [0.717, 1.165) is 0 Å². The largest absolute Gasteiger partial charge is 0.481 e. The minimum Gasteiger partial charge on any atom is -0.481 e. The number of halogens is 1. The molecule has 0 amide bonds. The van der Waals surface area contributed by atoms with Gasteiger partial charge in [-0.05, 0) is 13.8 Å². The van der Waals surface area contributed by atoms with Crippen LogP contribution in [0.2, 0.25) is 5.15 Å². The van der Waals surface area contributed by atoms with Crippen LogP contribution in [0, 0.1) is 5.92 Å². The Morgan fingerprint density at radius 3 is 2.79 bits per heavy atom. The molecule has 0 bridgehead atoms. The zero-order valence-corrected chi connectivity index (χ0v) is 9.39. The SMILES string of the molecule is CC(Nc1nc(Cl)cs1)C(C)C(=O)O. The van der Waals surface area contributed by atoms with Crippen LogP contribution in [0.5, 0.6) is 0 Å². The topological polar surface area (TPSA) is 62.2 Å². The third kappa shape index (κ3) is 2.85. The van der Waals surface area contributed by atoms with Gasteiger partial charge in [-0.15, -0.1) is 11.3 Å². The molecule has 6 heteroatoms. The van der Waals surface area contributed by atoms with Gasteiger partial charge >= 0.3 is 5.97 Å². The van der Waals surface area contributed by atoms with Crippen molar-refractivity contribution in [3.8, 4) is 0 Å². The smallest absolute Gasteiger partial charge is 0.308 e. The van der Waals surface area contributed by atoms with Crippen molar-refractivity contribution in [2.75, 3.05) is 5.32 Å². The van der Waals surface area contributed by atoms with Crippen molar-refractivity contribution in [2.24, 2.45) is 5.92 Å². The van der Waals surface area contributed by atoms with E-state index in [2.05, 4.69) is 10.3 Å².